The summed E-state index contributed by atoms with van der Waals surface area (Å²) in [5, 5.41) is 3.64. The Balaban J connectivity index is 1.51. The van der Waals surface area contributed by atoms with Gasteiger partial charge in [-0.05, 0) is 31.7 Å². The molecule has 0 aromatic rings. The first-order valence-corrected chi connectivity index (χ1v) is 7.35. The lowest BCUT2D eigenvalue weighted by molar-refractivity contribution is 0.152. The quantitative estimate of drug-likeness (QED) is 0.644. The molecule has 1 saturated carbocycles. The van der Waals surface area contributed by atoms with E-state index in [9.17, 15) is 0 Å². The minimum Gasteiger partial charge on any atom is -0.385 e. The summed E-state index contributed by atoms with van der Waals surface area (Å²) in [5.74, 6) is 0. The van der Waals surface area contributed by atoms with Gasteiger partial charge in [0.05, 0.1) is 0 Å². The molecule has 0 spiro atoms. The molecular weight excluding hydrogens is 226 g/mol. The third kappa shape index (κ3) is 4.50. The number of likely N-dealkylation sites (N-methyl/N-ethyl adjacent to an activating group) is 1. The van der Waals surface area contributed by atoms with E-state index < -0.39 is 0 Å². The van der Waals surface area contributed by atoms with Crippen molar-refractivity contribution in [2.45, 2.75) is 19.3 Å². The molecule has 18 heavy (non-hydrogen) atoms. The predicted molar refractivity (Wildman–Crippen MR) is 75.0 cm³/mol. The molecule has 106 valence electrons. The summed E-state index contributed by atoms with van der Waals surface area (Å²) in [4.78, 5) is 4.98. The molecule has 2 aliphatic rings. The van der Waals surface area contributed by atoms with Crippen LogP contribution in [0.4, 0.5) is 0 Å². The zero-order valence-corrected chi connectivity index (χ0v) is 12.1. The van der Waals surface area contributed by atoms with Gasteiger partial charge in [-0.25, -0.2) is 0 Å². The monoisotopic (exact) mass is 255 g/mol. The Morgan fingerprint density at radius 2 is 1.89 bits per heavy atom. The van der Waals surface area contributed by atoms with Crippen molar-refractivity contribution in [3.05, 3.63) is 0 Å². The Morgan fingerprint density at radius 1 is 1.17 bits per heavy atom. The molecule has 1 N–H and O–H groups in total. The molecule has 1 aliphatic carbocycles. The van der Waals surface area contributed by atoms with E-state index in [2.05, 4.69) is 22.2 Å². The average molecular weight is 255 g/mol. The summed E-state index contributed by atoms with van der Waals surface area (Å²) in [6, 6.07) is 0. The topological polar surface area (TPSA) is 27.7 Å². The van der Waals surface area contributed by atoms with Crippen LogP contribution in [0.25, 0.3) is 0 Å². The van der Waals surface area contributed by atoms with Crippen molar-refractivity contribution in [2.24, 2.45) is 5.41 Å². The van der Waals surface area contributed by atoms with Crippen LogP contribution in [-0.4, -0.2) is 76.4 Å². The van der Waals surface area contributed by atoms with E-state index in [1.54, 1.807) is 7.11 Å². The van der Waals surface area contributed by atoms with E-state index in [1.165, 1.54) is 58.5 Å². The summed E-state index contributed by atoms with van der Waals surface area (Å²) < 4.78 is 5.19. The summed E-state index contributed by atoms with van der Waals surface area (Å²) in [5.41, 5.74) is 0.581. The van der Waals surface area contributed by atoms with Gasteiger partial charge in [0.2, 0.25) is 0 Å². The van der Waals surface area contributed by atoms with Crippen LogP contribution >= 0.6 is 0 Å². The third-order valence-electron chi connectivity index (χ3n) is 4.49. The minimum absolute atomic E-state index is 0.581. The van der Waals surface area contributed by atoms with Crippen molar-refractivity contribution >= 4 is 0 Å². The van der Waals surface area contributed by atoms with Crippen molar-refractivity contribution in [2.75, 3.05) is 66.6 Å². The van der Waals surface area contributed by atoms with Gasteiger partial charge >= 0.3 is 0 Å². The number of methoxy groups -OCH3 is 1. The summed E-state index contributed by atoms with van der Waals surface area (Å²) >= 11 is 0. The van der Waals surface area contributed by atoms with Crippen molar-refractivity contribution in [1.82, 2.24) is 15.1 Å². The molecule has 4 nitrogen and oxygen atoms in total. The van der Waals surface area contributed by atoms with Gasteiger partial charge in [-0.3, -0.25) is 4.90 Å². The molecule has 0 radical (unpaired) electrons. The molecule has 2 fully saturated rings. The Hall–Kier alpha value is -0.160. The lowest BCUT2D eigenvalue weighted by Gasteiger charge is -2.32. The normalized spacial score (nSPS) is 24.3. The molecule has 0 amide bonds. The van der Waals surface area contributed by atoms with Crippen LogP contribution in [0.2, 0.25) is 0 Å². The predicted octanol–water partition coefficient (Wildman–Crippen LogP) is 0.640. The van der Waals surface area contributed by atoms with Gasteiger partial charge in [-0.15, -0.1) is 0 Å². The summed E-state index contributed by atoms with van der Waals surface area (Å²) in [6.07, 6.45) is 4.00. The Kier molecular flexibility index (Phi) is 5.42. The van der Waals surface area contributed by atoms with Crippen LogP contribution in [0.3, 0.4) is 0 Å². The van der Waals surface area contributed by atoms with E-state index in [1.807, 2.05) is 0 Å². The third-order valence-corrected chi connectivity index (χ3v) is 4.49. The van der Waals surface area contributed by atoms with Gasteiger partial charge in [0, 0.05) is 59.5 Å². The molecule has 0 unspecified atom stereocenters. The van der Waals surface area contributed by atoms with E-state index in [4.69, 9.17) is 4.74 Å². The highest BCUT2D eigenvalue weighted by molar-refractivity contribution is 4.94. The Bertz CT molecular complexity index is 235. The number of piperazine rings is 1. The lowest BCUT2D eigenvalue weighted by atomic mass is 10.0. The Morgan fingerprint density at radius 3 is 2.50 bits per heavy atom. The summed E-state index contributed by atoms with van der Waals surface area (Å²) in [7, 11) is 4.01. The molecule has 1 heterocycles. The van der Waals surface area contributed by atoms with Gasteiger partial charge < -0.3 is 15.0 Å². The SMILES string of the molecule is COCCC1(CNCCN2CCN(C)CC2)CC1. The number of rotatable bonds is 8. The fraction of sp³-hybridized carbons (Fsp3) is 1.00. The van der Waals surface area contributed by atoms with Gasteiger partial charge in [0.25, 0.3) is 0 Å². The zero-order valence-electron chi connectivity index (χ0n) is 12.1. The van der Waals surface area contributed by atoms with Gasteiger partial charge in [0.15, 0.2) is 0 Å². The molecule has 0 aromatic heterocycles. The first-order chi connectivity index (χ1) is 8.74. The van der Waals surface area contributed by atoms with Gasteiger partial charge in [-0.2, -0.15) is 0 Å². The number of hydrogen-bond donors (Lipinski definition) is 1. The molecule has 0 aromatic carbocycles. The average Bonchev–Trinajstić information content (AvgIpc) is 3.15. The molecule has 4 heteroatoms. The largest absolute Gasteiger partial charge is 0.385 e. The molecule has 1 saturated heterocycles. The van der Waals surface area contributed by atoms with Crippen LogP contribution < -0.4 is 5.32 Å². The van der Waals surface area contributed by atoms with Crippen LogP contribution in [0.15, 0.2) is 0 Å². The first kappa shape index (κ1) is 14.3. The maximum atomic E-state index is 5.19. The number of nitrogens with one attached hydrogen (secondary N) is 1. The highest BCUT2D eigenvalue weighted by Gasteiger charge is 2.41. The first-order valence-electron chi connectivity index (χ1n) is 7.35. The molecule has 2 rings (SSSR count). The maximum absolute atomic E-state index is 5.19. The van der Waals surface area contributed by atoms with E-state index in [0.29, 0.717) is 5.41 Å². The van der Waals surface area contributed by atoms with Crippen molar-refractivity contribution in [3.63, 3.8) is 0 Å². The van der Waals surface area contributed by atoms with Gasteiger partial charge in [0.1, 0.15) is 0 Å². The lowest BCUT2D eigenvalue weighted by Crippen LogP contribution is -2.46. The van der Waals surface area contributed by atoms with E-state index in [-0.39, 0.29) is 0 Å². The van der Waals surface area contributed by atoms with Crippen LogP contribution in [0.5, 0.6) is 0 Å². The maximum Gasteiger partial charge on any atom is 0.0468 e. The highest BCUT2D eigenvalue weighted by Crippen LogP contribution is 2.48. The van der Waals surface area contributed by atoms with E-state index in [0.717, 1.165) is 13.2 Å². The molecule has 0 bridgehead atoms. The van der Waals surface area contributed by atoms with Crippen molar-refractivity contribution < 1.29 is 4.74 Å². The Labute approximate surface area is 112 Å². The van der Waals surface area contributed by atoms with E-state index >= 15 is 0 Å². The van der Waals surface area contributed by atoms with Gasteiger partial charge in [-0.1, -0.05) is 0 Å². The standard InChI is InChI=1S/C14H29N3O/c1-16-8-10-17(11-9-16)7-6-15-13-14(3-4-14)5-12-18-2/h15H,3-13H2,1-2H3. The molecular formula is C14H29N3O. The molecule has 1 aliphatic heterocycles. The van der Waals surface area contributed by atoms with Crippen LogP contribution in [-0.2, 0) is 4.74 Å². The van der Waals surface area contributed by atoms with Crippen molar-refractivity contribution in [1.29, 1.82) is 0 Å². The smallest absolute Gasteiger partial charge is 0.0468 e. The van der Waals surface area contributed by atoms with Crippen LogP contribution in [0, 0.1) is 5.41 Å². The molecule has 0 atom stereocenters. The summed E-state index contributed by atoms with van der Waals surface area (Å²) in [6.45, 7) is 9.34. The number of nitrogens with zero attached hydrogens (tertiary/aromatic N) is 2. The van der Waals surface area contributed by atoms with Crippen LogP contribution in [0.1, 0.15) is 19.3 Å². The fourth-order valence-electron chi connectivity index (χ4n) is 2.67. The second-order valence-corrected chi connectivity index (χ2v) is 6.06. The zero-order chi connectivity index (χ0) is 12.8. The number of hydrogen-bond acceptors (Lipinski definition) is 4. The fourth-order valence-corrected chi connectivity index (χ4v) is 2.67. The second-order valence-electron chi connectivity index (χ2n) is 6.06. The highest BCUT2D eigenvalue weighted by atomic mass is 16.5. The minimum atomic E-state index is 0.581. The number of ether oxygens (including phenoxy) is 1. The second kappa shape index (κ2) is 6.85. The van der Waals surface area contributed by atoms with Crippen molar-refractivity contribution in [3.8, 4) is 0 Å².